The van der Waals surface area contributed by atoms with E-state index in [4.69, 9.17) is 9.47 Å². The molecule has 5 unspecified atom stereocenters. The molecule has 23 heavy (non-hydrogen) atoms. The first-order chi connectivity index (χ1) is 11.0. The highest BCUT2D eigenvalue weighted by atomic mass is 16.5. The van der Waals surface area contributed by atoms with Crippen LogP contribution in [0.15, 0.2) is 24.3 Å². The molecule has 2 aliphatic rings. The first kappa shape index (κ1) is 16.4. The number of benzene rings is 1. The summed E-state index contributed by atoms with van der Waals surface area (Å²) in [5, 5.41) is 0. The monoisotopic (exact) mass is 316 g/mol. The van der Waals surface area contributed by atoms with E-state index < -0.39 is 0 Å². The van der Waals surface area contributed by atoms with Gasteiger partial charge in [-0.05, 0) is 66.5 Å². The van der Waals surface area contributed by atoms with Crippen molar-refractivity contribution >= 4 is 5.97 Å². The molecular weight excluding hydrogens is 288 g/mol. The highest BCUT2D eigenvalue weighted by molar-refractivity contribution is 5.73. The minimum absolute atomic E-state index is 0.0140. The molecule has 126 valence electrons. The first-order valence-corrected chi connectivity index (χ1v) is 8.69. The number of carbonyl (C=O) groups excluding carboxylic acids is 1. The Kier molecular flexibility index (Phi) is 4.39. The maximum atomic E-state index is 12.3. The van der Waals surface area contributed by atoms with Crippen molar-refractivity contribution in [1.82, 2.24) is 0 Å². The van der Waals surface area contributed by atoms with Crippen molar-refractivity contribution in [3.63, 3.8) is 0 Å². The first-order valence-electron chi connectivity index (χ1n) is 8.69. The van der Waals surface area contributed by atoms with E-state index in [0.29, 0.717) is 11.8 Å². The molecule has 0 aliphatic heterocycles. The van der Waals surface area contributed by atoms with Crippen LogP contribution in [0.1, 0.15) is 45.1 Å². The molecule has 2 bridgehead atoms. The summed E-state index contributed by atoms with van der Waals surface area (Å²) in [6.45, 7) is 4.58. The lowest BCUT2D eigenvalue weighted by atomic mass is 9.54. The van der Waals surface area contributed by atoms with E-state index in [1.165, 1.54) is 25.5 Å². The van der Waals surface area contributed by atoms with Gasteiger partial charge in [0.2, 0.25) is 0 Å². The number of fused-ring (bicyclic) bond motifs is 2. The predicted molar refractivity (Wildman–Crippen MR) is 90.5 cm³/mol. The van der Waals surface area contributed by atoms with Crippen LogP contribution in [-0.4, -0.2) is 20.2 Å². The molecule has 3 nitrogen and oxygen atoms in total. The second-order valence-electron chi connectivity index (χ2n) is 7.82. The van der Waals surface area contributed by atoms with Gasteiger partial charge in [0.15, 0.2) is 0 Å². The van der Waals surface area contributed by atoms with Crippen molar-refractivity contribution in [2.45, 2.75) is 44.9 Å². The topological polar surface area (TPSA) is 35.5 Å². The van der Waals surface area contributed by atoms with Crippen molar-refractivity contribution < 1.29 is 14.3 Å². The Bertz CT molecular complexity index is 563. The van der Waals surface area contributed by atoms with E-state index >= 15 is 0 Å². The average molecular weight is 316 g/mol. The standard InChI is InChI=1S/C20H28O3/c1-13-9-14-10-15(18(13)19(21)23-4)12-20(2,11-14)16-5-7-17(22-3)8-6-16/h5-8,13-15,18H,9-12H2,1-4H3. The van der Waals surface area contributed by atoms with Crippen LogP contribution in [0.5, 0.6) is 5.75 Å². The fourth-order valence-corrected chi connectivity index (χ4v) is 5.27. The zero-order valence-electron chi connectivity index (χ0n) is 14.7. The molecule has 5 atom stereocenters. The van der Waals surface area contributed by atoms with Gasteiger partial charge in [0.1, 0.15) is 5.75 Å². The molecule has 3 heteroatoms. The van der Waals surface area contributed by atoms with E-state index in [0.717, 1.165) is 24.5 Å². The van der Waals surface area contributed by atoms with Crippen LogP contribution in [0.3, 0.4) is 0 Å². The lowest BCUT2D eigenvalue weighted by molar-refractivity contribution is -0.153. The van der Waals surface area contributed by atoms with Crippen molar-refractivity contribution in [3.05, 3.63) is 29.8 Å². The molecule has 0 N–H and O–H groups in total. The van der Waals surface area contributed by atoms with Crippen LogP contribution >= 0.6 is 0 Å². The maximum Gasteiger partial charge on any atom is 0.309 e. The Morgan fingerprint density at radius 1 is 1.13 bits per heavy atom. The highest BCUT2D eigenvalue weighted by Crippen LogP contribution is 2.53. The Labute approximate surface area is 139 Å². The third-order valence-electron chi connectivity index (χ3n) is 6.17. The largest absolute Gasteiger partial charge is 0.497 e. The molecule has 0 aromatic heterocycles. The molecule has 1 aromatic rings. The van der Waals surface area contributed by atoms with Gasteiger partial charge in [-0.2, -0.15) is 0 Å². The predicted octanol–water partition coefficient (Wildman–Crippen LogP) is 4.20. The summed E-state index contributed by atoms with van der Waals surface area (Å²) in [4.78, 5) is 12.3. The molecule has 3 rings (SSSR count). The van der Waals surface area contributed by atoms with Gasteiger partial charge in [0.25, 0.3) is 0 Å². The number of hydrogen-bond acceptors (Lipinski definition) is 3. The highest BCUT2D eigenvalue weighted by Gasteiger charge is 2.48. The van der Waals surface area contributed by atoms with E-state index in [9.17, 15) is 4.79 Å². The Morgan fingerprint density at radius 3 is 2.43 bits per heavy atom. The van der Waals surface area contributed by atoms with Gasteiger partial charge < -0.3 is 9.47 Å². The van der Waals surface area contributed by atoms with Crippen molar-refractivity contribution in [2.75, 3.05) is 14.2 Å². The molecule has 0 amide bonds. The lowest BCUT2D eigenvalue weighted by Crippen LogP contribution is -2.46. The second kappa shape index (κ2) is 6.18. The van der Waals surface area contributed by atoms with Gasteiger partial charge in [-0.1, -0.05) is 26.0 Å². The van der Waals surface area contributed by atoms with E-state index in [1.54, 1.807) is 7.11 Å². The summed E-state index contributed by atoms with van der Waals surface area (Å²) >= 11 is 0. The van der Waals surface area contributed by atoms with Gasteiger partial charge >= 0.3 is 5.97 Å². The number of methoxy groups -OCH3 is 2. The minimum atomic E-state index is -0.0140. The van der Waals surface area contributed by atoms with E-state index in [2.05, 4.69) is 26.0 Å². The van der Waals surface area contributed by atoms with Crippen molar-refractivity contribution in [2.24, 2.45) is 23.7 Å². The summed E-state index contributed by atoms with van der Waals surface area (Å²) in [6, 6.07) is 8.48. The van der Waals surface area contributed by atoms with Crippen LogP contribution in [0.2, 0.25) is 0 Å². The molecular formula is C20H28O3. The second-order valence-corrected chi connectivity index (χ2v) is 7.82. The van der Waals surface area contributed by atoms with Gasteiger partial charge in [-0.15, -0.1) is 0 Å². The van der Waals surface area contributed by atoms with Crippen molar-refractivity contribution in [3.8, 4) is 5.75 Å². The Balaban J connectivity index is 1.86. The Morgan fingerprint density at radius 2 is 1.83 bits per heavy atom. The summed E-state index contributed by atoms with van der Waals surface area (Å²) in [6.07, 6.45) is 4.60. The number of carbonyl (C=O) groups is 1. The number of hydrogen-bond donors (Lipinski definition) is 0. The van der Waals surface area contributed by atoms with Crippen LogP contribution in [0, 0.1) is 23.7 Å². The average Bonchev–Trinajstić information content (AvgIpc) is 2.53. The summed E-state index contributed by atoms with van der Waals surface area (Å²) in [5.74, 6) is 2.55. The molecule has 0 heterocycles. The summed E-state index contributed by atoms with van der Waals surface area (Å²) < 4.78 is 10.4. The van der Waals surface area contributed by atoms with Gasteiger partial charge in [-0.25, -0.2) is 0 Å². The minimum Gasteiger partial charge on any atom is -0.497 e. The molecule has 0 spiro atoms. The van der Waals surface area contributed by atoms with Crippen LogP contribution < -0.4 is 4.74 Å². The molecule has 2 fully saturated rings. The summed E-state index contributed by atoms with van der Waals surface area (Å²) in [5.41, 5.74) is 1.51. The SMILES string of the molecule is COC(=O)C1C(C)CC2CC1CC(C)(c1ccc(OC)cc1)C2. The Hall–Kier alpha value is -1.51. The third kappa shape index (κ3) is 2.98. The molecule has 0 saturated heterocycles. The number of rotatable bonds is 3. The van der Waals surface area contributed by atoms with Crippen LogP contribution in [0.25, 0.3) is 0 Å². The fourth-order valence-electron chi connectivity index (χ4n) is 5.27. The van der Waals surface area contributed by atoms with Gasteiger partial charge in [0, 0.05) is 0 Å². The zero-order chi connectivity index (χ0) is 16.6. The van der Waals surface area contributed by atoms with E-state index in [-0.39, 0.29) is 17.3 Å². The quantitative estimate of drug-likeness (QED) is 0.784. The molecule has 1 aromatic carbocycles. The van der Waals surface area contributed by atoms with E-state index in [1.807, 2.05) is 12.1 Å². The molecule has 2 saturated carbocycles. The maximum absolute atomic E-state index is 12.3. The van der Waals surface area contributed by atoms with Crippen LogP contribution in [0.4, 0.5) is 0 Å². The zero-order valence-corrected chi connectivity index (χ0v) is 14.7. The fraction of sp³-hybridized carbons (Fsp3) is 0.650. The summed E-state index contributed by atoms with van der Waals surface area (Å²) in [7, 11) is 3.22. The molecule has 2 aliphatic carbocycles. The third-order valence-corrected chi connectivity index (χ3v) is 6.17. The van der Waals surface area contributed by atoms with Crippen molar-refractivity contribution in [1.29, 1.82) is 0 Å². The number of ether oxygens (including phenoxy) is 2. The lowest BCUT2D eigenvalue weighted by Gasteiger charge is -2.50. The van der Waals surface area contributed by atoms with Gasteiger partial charge in [0.05, 0.1) is 20.1 Å². The normalized spacial score (nSPS) is 36.3. The number of esters is 1. The van der Waals surface area contributed by atoms with Crippen LogP contribution in [-0.2, 0) is 14.9 Å². The molecule has 0 radical (unpaired) electrons. The smallest absolute Gasteiger partial charge is 0.309 e. The van der Waals surface area contributed by atoms with Gasteiger partial charge in [-0.3, -0.25) is 4.79 Å².